The first-order valence-corrected chi connectivity index (χ1v) is 9.56. The predicted molar refractivity (Wildman–Crippen MR) is 100 cm³/mol. The molecule has 0 aliphatic heterocycles. The Labute approximate surface area is 151 Å². The van der Waals surface area contributed by atoms with Gasteiger partial charge in [0.2, 0.25) is 0 Å². The molecule has 2 aliphatic carbocycles. The Morgan fingerprint density at radius 3 is 1.84 bits per heavy atom. The summed E-state index contributed by atoms with van der Waals surface area (Å²) in [6.45, 7) is 3.05. The van der Waals surface area contributed by atoms with E-state index in [9.17, 15) is 0 Å². The zero-order valence-electron chi connectivity index (χ0n) is 14.9. The van der Waals surface area contributed by atoms with E-state index in [1.54, 1.807) is 0 Å². The summed E-state index contributed by atoms with van der Waals surface area (Å²) in [5.74, 6) is 1.92. The lowest BCUT2D eigenvalue weighted by Crippen LogP contribution is -2.35. The Hall–Kier alpha value is -1.64. The molecule has 2 aromatic carbocycles. The molecule has 0 amide bonds. The standard InChI is InChI=1S/C23H28O2/c1-3-7-19(8-4-1)15-24-17-23(12-11-21-13-22(21)14-23)18-25-16-20-9-5-2-6-10-20/h1-10,21-22H,11-18H2/t21-,22-/m0/s1. The minimum absolute atomic E-state index is 0.210. The number of hydrogen-bond acceptors (Lipinski definition) is 2. The minimum atomic E-state index is 0.210. The molecule has 0 aromatic heterocycles. The fourth-order valence-corrected chi connectivity index (χ4v) is 4.29. The van der Waals surface area contributed by atoms with Crippen molar-refractivity contribution in [1.29, 1.82) is 0 Å². The molecule has 2 atom stereocenters. The highest BCUT2D eigenvalue weighted by atomic mass is 16.5. The lowest BCUT2D eigenvalue weighted by molar-refractivity contribution is -0.0534. The van der Waals surface area contributed by atoms with Crippen LogP contribution in [0.1, 0.15) is 36.8 Å². The molecule has 0 N–H and O–H groups in total. The minimum Gasteiger partial charge on any atom is -0.376 e. The molecule has 0 unspecified atom stereocenters. The van der Waals surface area contributed by atoms with Crippen molar-refractivity contribution in [2.75, 3.05) is 13.2 Å². The van der Waals surface area contributed by atoms with Crippen molar-refractivity contribution in [3.63, 3.8) is 0 Å². The van der Waals surface area contributed by atoms with E-state index in [1.165, 1.54) is 36.8 Å². The topological polar surface area (TPSA) is 18.5 Å². The first-order valence-electron chi connectivity index (χ1n) is 9.56. The quantitative estimate of drug-likeness (QED) is 0.657. The van der Waals surface area contributed by atoms with Crippen LogP contribution >= 0.6 is 0 Å². The average Bonchev–Trinajstić information content (AvgIpc) is 3.42. The van der Waals surface area contributed by atoms with E-state index in [0.29, 0.717) is 13.2 Å². The van der Waals surface area contributed by atoms with Crippen LogP contribution in [0.4, 0.5) is 0 Å². The second-order valence-corrected chi connectivity index (χ2v) is 7.96. The van der Waals surface area contributed by atoms with Gasteiger partial charge in [-0.25, -0.2) is 0 Å². The third-order valence-electron chi connectivity index (χ3n) is 5.85. The molecule has 0 bridgehead atoms. The molecule has 0 spiro atoms. The van der Waals surface area contributed by atoms with Crippen LogP contribution < -0.4 is 0 Å². The van der Waals surface area contributed by atoms with Gasteiger partial charge < -0.3 is 9.47 Å². The van der Waals surface area contributed by atoms with Crippen molar-refractivity contribution in [2.45, 2.75) is 38.9 Å². The van der Waals surface area contributed by atoms with Crippen LogP contribution in [-0.4, -0.2) is 13.2 Å². The number of hydrogen-bond donors (Lipinski definition) is 0. The highest BCUT2D eigenvalue weighted by Crippen LogP contribution is 2.56. The molecule has 2 nitrogen and oxygen atoms in total. The third-order valence-corrected chi connectivity index (χ3v) is 5.85. The maximum atomic E-state index is 6.15. The van der Waals surface area contributed by atoms with Crippen LogP contribution in [-0.2, 0) is 22.7 Å². The van der Waals surface area contributed by atoms with Crippen LogP contribution in [0.5, 0.6) is 0 Å². The number of rotatable bonds is 8. The Bertz CT molecular complexity index is 607. The van der Waals surface area contributed by atoms with Gasteiger partial charge in [0.05, 0.1) is 26.4 Å². The molecule has 0 radical (unpaired) electrons. The van der Waals surface area contributed by atoms with Crippen LogP contribution in [0.25, 0.3) is 0 Å². The van der Waals surface area contributed by atoms with E-state index in [0.717, 1.165) is 25.0 Å². The molecule has 2 heteroatoms. The summed E-state index contributed by atoms with van der Waals surface area (Å²) in [6.07, 6.45) is 5.31. The Balaban J connectivity index is 1.32. The van der Waals surface area contributed by atoms with Crippen LogP contribution in [0.2, 0.25) is 0 Å². The van der Waals surface area contributed by atoms with Gasteiger partial charge in [-0.3, -0.25) is 0 Å². The number of ether oxygens (including phenoxy) is 2. The van der Waals surface area contributed by atoms with Crippen molar-refractivity contribution < 1.29 is 9.47 Å². The summed E-state index contributed by atoms with van der Waals surface area (Å²) in [6, 6.07) is 21.0. The first kappa shape index (κ1) is 16.8. The third kappa shape index (κ3) is 4.50. The highest BCUT2D eigenvalue weighted by Gasteiger charge is 2.49. The Morgan fingerprint density at radius 1 is 0.760 bits per heavy atom. The highest BCUT2D eigenvalue weighted by molar-refractivity contribution is 5.14. The van der Waals surface area contributed by atoms with E-state index in [4.69, 9.17) is 9.47 Å². The molecular weight excluding hydrogens is 308 g/mol. The lowest BCUT2D eigenvalue weighted by Gasteiger charge is -2.36. The van der Waals surface area contributed by atoms with Crippen LogP contribution in [0.3, 0.4) is 0 Å². The van der Waals surface area contributed by atoms with E-state index in [2.05, 4.69) is 60.7 Å². The first-order chi connectivity index (χ1) is 12.3. The SMILES string of the molecule is c1ccc(COCC2(COCc3ccccc3)CC[C@H]3C[C@H]3C2)cc1. The van der Waals surface area contributed by atoms with Crippen molar-refractivity contribution in [3.8, 4) is 0 Å². The van der Waals surface area contributed by atoms with Crippen LogP contribution in [0, 0.1) is 17.3 Å². The summed E-state index contributed by atoms with van der Waals surface area (Å²) < 4.78 is 12.3. The summed E-state index contributed by atoms with van der Waals surface area (Å²) in [5, 5.41) is 0. The molecule has 25 heavy (non-hydrogen) atoms. The van der Waals surface area contributed by atoms with E-state index < -0.39 is 0 Å². The molecule has 0 saturated heterocycles. The molecule has 132 valence electrons. The largest absolute Gasteiger partial charge is 0.376 e. The molecule has 2 aliphatic rings. The van der Waals surface area contributed by atoms with Crippen LogP contribution in [0.15, 0.2) is 60.7 Å². The van der Waals surface area contributed by atoms with Gasteiger partial charge in [-0.15, -0.1) is 0 Å². The average molecular weight is 336 g/mol. The lowest BCUT2D eigenvalue weighted by atomic mass is 9.75. The molecule has 0 heterocycles. The van der Waals surface area contributed by atoms with E-state index in [-0.39, 0.29) is 5.41 Å². The molecular formula is C23H28O2. The van der Waals surface area contributed by atoms with Gasteiger partial charge in [-0.2, -0.15) is 0 Å². The second-order valence-electron chi connectivity index (χ2n) is 7.96. The van der Waals surface area contributed by atoms with Gasteiger partial charge in [0, 0.05) is 5.41 Å². The smallest absolute Gasteiger partial charge is 0.0717 e. The van der Waals surface area contributed by atoms with E-state index >= 15 is 0 Å². The second kappa shape index (κ2) is 7.72. The maximum Gasteiger partial charge on any atom is 0.0717 e. The molecule has 2 fully saturated rings. The molecule has 4 rings (SSSR count). The van der Waals surface area contributed by atoms with E-state index in [1.807, 2.05) is 0 Å². The fourth-order valence-electron chi connectivity index (χ4n) is 4.29. The van der Waals surface area contributed by atoms with Crippen molar-refractivity contribution >= 4 is 0 Å². The summed E-state index contributed by atoms with van der Waals surface area (Å²) in [5.41, 5.74) is 2.72. The summed E-state index contributed by atoms with van der Waals surface area (Å²) >= 11 is 0. The zero-order chi connectivity index (χ0) is 17.0. The Kier molecular flexibility index (Phi) is 5.19. The van der Waals surface area contributed by atoms with Crippen molar-refractivity contribution in [1.82, 2.24) is 0 Å². The molecule has 2 aromatic rings. The monoisotopic (exact) mass is 336 g/mol. The van der Waals surface area contributed by atoms with Gasteiger partial charge in [0.25, 0.3) is 0 Å². The predicted octanol–water partition coefficient (Wildman–Crippen LogP) is 5.23. The normalized spacial score (nSPS) is 23.8. The number of fused-ring (bicyclic) bond motifs is 1. The van der Waals surface area contributed by atoms with Gasteiger partial charge in [-0.1, -0.05) is 60.7 Å². The van der Waals surface area contributed by atoms with Gasteiger partial charge in [-0.05, 0) is 48.6 Å². The van der Waals surface area contributed by atoms with Crippen molar-refractivity contribution in [2.24, 2.45) is 17.3 Å². The molecule has 2 saturated carbocycles. The summed E-state index contributed by atoms with van der Waals surface area (Å²) in [7, 11) is 0. The Morgan fingerprint density at radius 2 is 1.32 bits per heavy atom. The maximum absolute atomic E-state index is 6.15. The fraction of sp³-hybridized carbons (Fsp3) is 0.478. The summed E-state index contributed by atoms with van der Waals surface area (Å²) in [4.78, 5) is 0. The van der Waals surface area contributed by atoms with Gasteiger partial charge in [0.15, 0.2) is 0 Å². The van der Waals surface area contributed by atoms with Gasteiger partial charge >= 0.3 is 0 Å². The number of benzene rings is 2. The van der Waals surface area contributed by atoms with Gasteiger partial charge in [0.1, 0.15) is 0 Å². The van der Waals surface area contributed by atoms with Crippen molar-refractivity contribution in [3.05, 3.63) is 71.8 Å². The zero-order valence-corrected chi connectivity index (χ0v) is 14.9.